The Labute approximate surface area is 154 Å². The van der Waals surface area contributed by atoms with Crippen molar-refractivity contribution in [3.63, 3.8) is 0 Å². The highest BCUT2D eigenvalue weighted by atomic mass is 16.2. The first-order chi connectivity index (χ1) is 12.2. The third kappa shape index (κ3) is 4.70. The molecule has 0 aliphatic rings. The molecular formula is C21H23N3O2. The van der Waals surface area contributed by atoms with Crippen molar-refractivity contribution in [2.45, 2.75) is 33.1 Å². The van der Waals surface area contributed by atoms with Crippen LogP contribution in [-0.2, 0) is 15.0 Å². The van der Waals surface area contributed by atoms with Crippen LogP contribution in [-0.4, -0.2) is 18.4 Å². The van der Waals surface area contributed by atoms with Gasteiger partial charge in [-0.3, -0.25) is 9.59 Å². The van der Waals surface area contributed by atoms with Crippen LogP contribution in [0.15, 0.2) is 48.5 Å². The van der Waals surface area contributed by atoms with Crippen molar-refractivity contribution in [3.05, 3.63) is 59.7 Å². The lowest BCUT2D eigenvalue weighted by Crippen LogP contribution is -2.36. The summed E-state index contributed by atoms with van der Waals surface area (Å²) in [4.78, 5) is 25.8. The minimum absolute atomic E-state index is 0.0119. The number of nitrogens with zero attached hydrogens (tertiary/aromatic N) is 2. The van der Waals surface area contributed by atoms with Crippen molar-refractivity contribution < 1.29 is 9.59 Å². The van der Waals surface area contributed by atoms with E-state index in [1.807, 2.05) is 30.3 Å². The number of amides is 2. The smallest absolute Gasteiger partial charge is 0.244 e. The normalized spacial score (nSPS) is 10.7. The highest BCUT2D eigenvalue weighted by Gasteiger charge is 2.18. The molecule has 0 unspecified atom stereocenters. The summed E-state index contributed by atoms with van der Waals surface area (Å²) in [6.07, 6.45) is 0. The molecule has 134 valence electrons. The number of hydrogen-bond acceptors (Lipinski definition) is 3. The largest absolute Gasteiger partial charge is 0.323 e. The van der Waals surface area contributed by atoms with Crippen molar-refractivity contribution in [2.75, 3.05) is 16.8 Å². The predicted molar refractivity (Wildman–Crippen MR) is 103 cm³/mol. The van der Waals surface area contributed by atoms with Crippen LogP contribution in [0.5, 0.6) is 0 Å². The molecule has 5 nitrogen and oxygen atoms in total. The first-order valence-electron chi connectivity index (χ1n) is 8.40. The number of nitrogens with one attached hydrogen (secondary N) is 1. The SMILES string of the molecule is CC(=O)N(CC(=O)Nc1ccccc1C#N)c1ccc(C(C)(C)C)cc1. The van der Waals surface area contributed by atoms with E-state index in [1.165, 1.54) is 11.8 Å². The summed E-state index contributed by atoms with van der Waals surface area (Å²) >= 11 is 0. The molecule has 5 heteroatoms. The number of benzene rings is 2. The molecule has 0 aliphatic heterocycles. The molecule has 0 spiro atoms. The highest BCUT2D eigenvalue weighted by molar-refractivity contribution is 6.02. The lowest BCUT2D eigenvalue weighted by molar-refractivity contribution is -0.120. The standard InChI is InChI=1S/C21H23N3O2/c1-15(25)24(18-11-9-17(10-12-18)21(2,3)4)14-20(26)23-19-8-6-5-7-16(19)13-22/h5-12H,14H2,1-4H3,(H,23,26). The van der Waals surface area contributed by atoms with Crippen LogP contribution < -0.4 is 10.2 Å². The summed E-state index contributed by atoms with van der Waals surface area (Å²) in [6, 6.07) is 16.4. The van der Waals surface area contributed by atoms with Gasteiger partial charge in [0.2, 0.25) is 11.8 Å². The molecule has 26 heavy (non-hydrogen) atoms. The average molecular weight is 349 g/mol. The summed E-state index contributed by atoms with van der Waals surface area (Å²) in [5.74, 6) is -0.583. The molecule has 0 radical (unpaired) electrons. The van der Waals surface area contributed by atoms with Gasteiger partial charge >= 0.3 is 0 Å². The predicted octanol–water partition coefficient (Wildman–Crippen LogP) is 3.85. The molecule has 0 aliphatic carbocycles. The van der Waals surface area contributed by atoms with Crippen LogP contribution in [0.2, 0.25) is 0 Å². The van der Waals surface area contributed by atoms with Crippen molar-refractivity contribution in [1.82, 2.24) is 0 Å². The van der Waals surface area contributed by atoms with Crippen molar-refractivity contribution >= 4 is 23.2 Å². The maximum absolute atomic E-state index is 12.4. The first kappa shape index (κ1) is 19.2. The van der Waals surface area contributed by atoms with Crippen LogP contribution in [0, 0.1) is 11.3 Å². The van der Waals surface area contributed by atoms with Gasteiger partial charge in [-0.05, 0) is 35.2 Å². The van der Waals surface area contributed by atoms with Gasteiger partial charge in [-0.15, -0.1) is 0 Å². The van der Waals surface area contributed by atoms with E-state index < -0.39 is 0 Å². The monoisotopic (exact) mass is 349 g/mol. The molecule has 2 amide bonds. The van der Waals surface area contributed by atoms with Gasteiger partial charge in [0.05, 0.1) is 11.3 Å². The molecule has 0 bridgehead atoms. The molecule has 0 aromatic heterocycles. The van der Waals surface area contributed by atoms with E-state index in [4.69, 9.17) is 5.26 Å². The summed E-state index contributed by atoms with van der Waals surface area (Å²) in [6.45, 7) is 7.65. The Bertz CT molecular complexity index is 843. The zero-order valence-corrected chi connectivity index (χ0v) is 15.5. The van der Waals surface area contributed by atoms with Gasteiger partial charge in [0.1, 0.15) is 12.6 Å². The maximum Gasteiger partial charge on any atom is 0.244 e. The van der Waals surface area contributed by atoms with Crippen LogP contribution >= 0.6 is 0 Å². The van der Waals surface area contributed by atoms with Crippen molar-refractivity contribution in [3.8, 4) is 6.07 Å². The first-order valence-corrected chi connectivity index (χ1v) is 8.40. The fourth-order valence-electron chi connectivity index (χ4n) is 2.55. The fourth-order valence-corrected chi connectivity index (χ4v) is 2.55. The number of nitriles is 1. The molecule has 2 aromatic rings. The minimum atomic E-state index is -0.359. The zero-order chi connectivity index (χ0) is 19.3. The maximum atomic E-state index is 12.4. The molecule has 0 saturated heterocycles. The van der Waals surface area contributed by atoms with E-state index in [0.717, 1.165) is 5.56 Å². The summed E-state index contributed by atoms with van der Waals surface area (Å²) < 4.78 is 0. The molecule has 1 N–H and O–H groups in total. The zero-order valence-electron chi connectivity index (χ0n) is 15.5. The summed E-state index contributed by atoms with van der Waals surface area (Å²) in [7, 11) is 0. The van der Waals surface area contributed by atoms with Gasteiger partial charge in [-0.1, -0.05) is 45.0 Å². The van der Waals surface area contributed by atoms with Gasteiger partial charge in [0, 0.05) is 12.6 Å². The van der Waals surface area contributed by atoms with Crippen LogP contribution in [0.3, 0.4) is 0 Å². The number of anilines is 2. The number of carbonyl (C=O) groups excluding carboxylic acids is 2. The van der Waals surface area contributed by atoms with Gasteiger partial charge < -0.3 is 10.2 Å². The number of carbonyl (C=O) groups is 2. The quantitative estimate of drug-likeness (QED) is 0.911. The van der Waals surface area contributed by atoms with E-state index in [9.17, 15) is 9.59 Å². The van der Waals surface area contributed by atoms with E-state index in [2.05, 4.69) is 26.1 Å². The Morgan fingerprint density at radius 2 is 1.69 bits per heavy atom. The Balaban J connectivity index is 2.17. The lowest BCUT2D eigenvalue weighted by Gasteiger charge is -2.23. The van der Waals surface area contributed by atoms with Gasteiger partial charge in [-0.25, -0.2) is 0 Å². The van der Waals surface area contributed by atoms with E-state index >= 15 is 0 Å². The Morgan fingerprint density at radius 3 is 2.23 bits per heavy atom. The second-order valence-electron chi connectivity index (χ2n) is 7.11. The lowest BCUT2D eigenvalue weighted by atomic mass is 9.87. The summed E-state index contributed by atoms with van der Waals surface area (Å²) in [5.41, 5.74) is 2.64. The van der Waals surface area contributed by atoms with Crippen LogP contribution in [0.4, 0.5) is 11.4 Å². The Morgan fingerprint density at radius 1 is 1.08 bits per heavy atom. The fraction of sp³-hybridized carbons (Fsp3) is 0.286. The summed E-state index contributed by atoms with van der Waals surface area (Å²) in [5, 5.41) is 11.8. The molecule has 2 rings (SSSR count). The molecular weight excluding hydrogens is 326 g/mol. The second kappa shape index (κ2) is 7.83. The van der Waals surface area contributed by atoms with E-state index in [1.54, 1.807) is 24.3 Å². The van der Waals surface area contributed by atoms with Crippen LogP contribution in [0.1, 0.15) is 38.8 Å². The molecule has 0 atom stereocenters. The topological polar surface area (TPSA) is 73.2 Å². The number of para-hydroxylation sites is 1. The average Bonchev–Trinajstić information content (AvgIpc) is 2.59. The van der Waals surface area contributed by atoms with E-state index in [-0.39, 0.29) is 23.8 Å². The Hall–Kier alpha value is -3.13. The third-order valence-corrected chi connectivity index (χ3v) is 4.05. The second-order valence-corrected chi connectivity index (χ2v) is 7.11. The molecule has 0 heterocycles. The third-order valence-electron chi connectivity index (χ3n) is 4.05. The number of hydrogen-bond donors (Lipinski definition) is 1. The van der Waals surface area contributed by atoms with Crippen molar-refractivity contribution in [1.29, 1.82) is 5.26 Å². The van der Waals surface area contributed by atoms with Gasteiger partial charge in [-0.2, -0.15) is 5.26 Å². The molecule has 0 fully saturated rings. The van der Waals surface area contributed by atoms with Gasteiger partial charge in [0.25, 0.3) is 0 Å². The number of rotatable bonds is 4. The Kier molecular flexibility index (Phi) is 5.78. The van der Waals surface area contributed by atoms with E-state index in [0.29, 0.717) is 16.9 Å². The van der Waals surface area contributed by atoms with Crippen LogP contribution in [0.25, 0.3) is 0 Å². The van der Waals surface area contributed by atoms with Crippen molar-refractivity contribution in [2.24, 2.45) is 0 Å². The minimum Gasteiger partial charge on any atom is -0.323 e. The molecule has 0 saturated carbocycles. The van der Waals surface area contributed by atoms with Gasteiger partial charge in [0.15, 0.2) is 0 Å². The molecule has 2 aromatic carbocycles. The highest BCUT2D eigenvalue weighted by Crippen LogP contribution is 2.25.